The van der Waals surface area contributed by atoms with Crippen LogP contribution in [0, 0.1) is 11.8 Å². The van der Waals surface area contributed by atoms with Gasteiger partial charge in [-0.2, -0.15) is 0 Å². The fourth-order valence-corrected chi connectivity index (χ4v) is 6.96. The zero-order valence-corrected chi connectivity index (χ0v) is 26.1. The maximum absolute atomic E-state index is 14.0. The number of hydrogen-bond donors (Lipinski definition) is 2. The van der Waals surface area contributed by atoms with Gasteiger partial charge in [-0.25, -0.2) is 19.8 Å². The molecule has 10 nitrogen and oxygen atoms in total. The van der Waals surface area contributed by atoms with Crippen LogP contribution >= 0.6 is 0 Å². The summed E-state index contributed by atoms with van der Waals surface area (Å²) in [5.41, 5.74) is 5.85. The van der Waals surface area contributed by atoms with Crippen LogP contribution in [-0.4, -0.2) is 63.5 Å². The van der Waals surface area contributed by atoms with Crippen molar-refractivity contribution in [3.05, 3.63) is 92.7 Å². The third-order valence-corrected chi connectivity index (χ3v) is 9.54. The highest BCUT2D eigenvalue weighted by molar-refractivity contribution is 6.46. The lowest BCUT2D eigenvalue weighted by molar-refractivity contribution is -0.161. The number of Topliss-reactive ketones (excluding diaryl/α,β-unsaturated/α-hetero) is 1. The Bertz CT molecular complexity index is 1900. The zero-order chi connectivity index (χ0) is 32.5. The summed E-state index contributed by atoms with van der Waals surface area (Å²) >= 11 is 0. The van der Waals surface area contributed by atoms with Gasteiger partial charge in [-0.3, -0.25) is 14.6 Å². The Morgan fingerprint density at radius 1 is 1.00 bits per heavy atom. The summed E-state index contributed by atoms with van der Waals surface area (Å²) in [4.78, 5) is 58.7. The molecule has 230 valence electrons. The van der Waals surface area contributed by atoms with Crippen molar-refractivity contribution in [3.63, 3.8) is 0 Å². The molecule has 8 bridgehead atoms. The van der Waals surface area contributed by atoms with E-state index in [-0.39, 0.29) is 41.3 Å². The number of ether oxygens (including phenoxy) is 1. The molecule has 0 saturated heterocycles. The van der Waals surface area contributed by atoms with E-state index in [4.69, 9.17) is 24.7 Å². The number of hydrogen-bond acceptors (Lipinski definition) is 9. The van der Waals surface area contributed by atoms with Gasteiger partial charge < -0.3 is 14.9 Å². The van der Waals surface area contributed by atoms with Gasteiger partial charge in [0.1, 0.15) is 0 Å². The standard InChI is InChI=1S/C35H34N4O6/c1-8-19-15(3)22-12-24-17(5)21(10-11-28(40)41)31(38-24)30-32-29(33(42)35(30,44)34(43)45-7)18(6)25(39-32)14-27-20(9-2)16(4)23(37-27)13-26(19)36-22/h8,12-14,17,21,44H,1,9-11H2,2-7H3,(H,40,41)/t17-,21-,35-/m0/s1. The van der Waals surface area contributed by atoms with Crippen LogP contribution < -0.4 is 0 Å². The molecule has 6 rings (SSSR count). The van der Waals surface area contributed by atoms with E-state index in [0.717, 1.165) is 35.1 Å². The molecule has 0 aromatic heterocycles. The molecule has 6 aliphatic rings. The lowest BCUT2D eigenvalue weighted by atomic mass is 9.82. The van der Waals surface area contributed by atoms with Crippen molar-refractivity contribution < 1.29 is 29.3 Å². The SMILES string of the molecule is C=CC1=C(C)C2=CC3=NC(=C4C5=NC(=CC6=NC(=CC1=N2)C(C)=C6CC)C(C)=C5C(=O)[C@]4(O)C(=O)OC)[C@@H](CCC(=O)O)[C@@H]3C. The number of aliphatic carboxylic acids is 1. The Kier molecular flexibility index (Phi) is 7.16. The molecule has 1 fully saturated rings. The number of rotatable bonds is 6. The molecule has 0 aromatic carbocycles. The Labute approximate surface area is 260 Å². The second-order valence-electron chi connectivity index (χ2n) is 11.9. The van der Waals surface area contributed by atoms with Crippen molar-refractivity contribution >= 4 is 40.6 Å². The van der Waals surface area contributed by atoms with E-state index in [1.807, 2.05) is 45.9 Å². The molecule has 5 aliphatic heterocycles. The van der Waals surface area contributed by atoms with Crippen molar-refractivity contribution in [2.75, 3.05) is 7.11 Å². The summed E-state index contributed by atoms with van der Waals surface area (Å²) in [6.07, 6.45) is 8.03. The molecule has 3 atom stereocenters. The van der Waals surface area contributed by atoms with Gasteiger partial charge in [-0.05, 0) is 74.1 Å². The summed E-state index contributed by atoms with van der Waals surface area (Å²) in [5, 5.41) is 21.5. The number of carbonyl (C=O) groups is 3. The largest absolute Gasteiger partial charge is 0.481 e. The van der Waals surface area contributed by atoms with Gasteiger partial charge in [0.05, 0.1) is 58.2 Å². The van der Waals surface area contributed by atoms with Crippen molar-refractivity contribution in [1.82, 2.24) is 0 Å². The highest BCUT2D eigenvalue weighted by Crippen LogP contribution is 2.49. The summed E-state index contributed by atoms with van der Waals surface area (Å²) in [5.74, 6) is -3.89. The van der Waals surface area contributed by atoms with Crippen LogP contribution in [-0.2, 0) is 19.1 Å². The topological polar surface area (TPSA) is 150 Å². The lowest BCUT2D eigenvalue weighted by Gasteiger charge is -2.24. The van der Waals surface area contributed by atoms with E-state index < -0.39 is 29.2 Å². The van der Waals surface area contributed by atoms with Crippen molar-refractivity contribution in [2.24, 2.45) is 31.8 Å². The average Bonchev–Trinajstić information content (AvgIpc) is 3.72. The zero-order valence-electron chi connectivity index (χ0n) is 26.1. The van der Waals surface area contributed by atoms with Crippen LogP contribution in [0.15, 0.2) is 113 Å². The first-order valence-electron chi connectivity index (χ1n) is 15.0. The fraction of sp³-hybridized carbons (Fsp3) is 0.343. The molecule has 10 heteroatoms. The van der Waals surface area contributed by atoms with Gasteiger partial charge in [0.2, 0.25) is 5.78 Å². The highest BCUT2D eigenvalue weighted by atomic mass is 16.5. The molecule has 0 amide bonds. The van der Waals surface area contributed by atoms with Gasteiger partial charge in [0.15, 0.2) is 0 Å². The van der Waals surface area contributed by atoms with E-state index in [1.54, 1.807) is 13.0 Å². The second kappa shape index (κ2) is 10.7. The number of carboxylic acids is 1. The van der Waals surface area contributed by atoms with E-state index >= 15 is 0 Å². The fourth-order valence-electron chi connectivity index (χ4n) is 6.96. The first-order valence-corrected chi connectivity index (χ1v) is 15.0. The number of nitrogens with zero attached hydrogens (tertiary/aromatic N) is 4. The van der Waals surface area contributed by atoms with E-state index in [9.17, 15) is 24.6 Å². The van der Waals surface area contributed by atoms with Gasteiger partial charge in [0, 0.05) is 29.5 Å². The quantitative estimate of drug-likeness (QED) is 0.325. The number of methoxy groups -OCH3 is 1. The number of carboxylic acid groups (broad SMARTS) is 1. The van der Waals surface area contributed by atoms with Crippen LogP contribution in [0.3, 0.4) is 0 Å². The molecule has 0 spiro atoms. The average molecular weight is 607 g/mol. The molecule has 0 radical (unpaired) electrons. The van der Waals surface area contributed by atoms with Crippen LogP contribution in [0.25, 0.3) is 0 Å². The minimum absolute atomic E-state index is 0.0640. The smallest absolute Gasteiger partial charge is 0.351 e. The Morgan fingerprint density at radius 3 is 2.29 bits per heavy atom. The maximum Gasteiger partial charge on any atom is 0.351 e. The van der Waals surface area contributed by atoms with Crippen LogP contribution in [0.1, 0.15) is 53.9 Å². The van der Waals surface area contributed by atoms with Crippen molar-refractivity contribution in [3.8, 4) is 0 Å². The predicted octanol–water partition coefficient (Wildman–Crippen LogP) is 4.87. The van der Waals surface area contributed by atoms with Crippen LogP contribution in [0.4, 0.5) is 0 Å². The summed E-state index contributed by atoms with van der Waals surface area (Å²) in [6.45, 7) is 13.7. The number of ketones is 1. The Hall–Kier alpha value is -4.83. The van der Waals surface area contributed by atoms with Gasteiger partial charge in [-0.1, -0.05) is 26.5 Å². The van der Waals surface area contributed by atoms with Crippen molar-refractivity contribution in [2.45, 2.75) is 59.5 Å². The third-order valence-electron chi connectivity index (χ3n) is 9.54. The summed E-state index contributed by atoms with van der Waals surface area (Å²) in [7, 11) is 1.10. The second-order valence-corrected chi connectivity index (χ2v) is 11.9. The molecular weight excluding hydrogens is 572 g/mol. The molecule has 0 aromatic rings. The molecule has 1 saturated carbocycles. The van der Waals surface area contributed by atoms with Crippen LogP contribution in [0.2, 0.25) is 0 Å². The molecule has 45 heavy (non-hydrogen) atoms. The summed E-state index contributed by atoms with van der Waals surface area (Å²) < 4.78 is 4.97. The predicted molar refractivity (Wildman–Crippen MR) is 171 cm³/mol. The minimum atomic E-state index is -2.69. The molecule has 2 N–H and O–H groups in total. The first kappa shape index (κ1) is 30.2. The summed E-state index contributed by atoms with van der Waals surface area (Å²) in [6, 6.07) is 0. The third kappa shape index (κ3) is 4.30. The van der Waals surface area contributed by atoms with E-state index in [0.29, 0.717) is 40.5 Å². The molecule has 5 heterocycles. The minimum Gasteiger partial charge on any atom is -0.481 e. The molecular formula is C35H34N4O6. The number of aliphatic hydroxyl groups is 1. The van der Waals surface area contributed by atoms with E-state index in [2.05, 4.69) is 6.58 Å². The first-order chi connectivity index (χ1) is 21.4. The van der Waals surface area contributed by atoms with E-state index in [1.165, 1.54) is 0 Å². The van der Waals surface area contributed by atoms with Gasteiger partial charge in [-0.15, -0.1) is 0 Å². The van der Waals surface area contributed by atoms with Gasteiger partial charge >= 0.3 is 11.9 Å². The number of esters is 1. The number of carbonyl (C=O) groups excluding carboxylic acids is 2. The van der Waals surface area contributed by atoms with Gasteiger partial charge in [0.25, 0.3) is 5.60 Å². The normalized spacial score (nSPS) is 27.0. The Balaban J connectivity index is 1.72. The highest BCUT2D eigenvalue weighted by Gasteiger charge is 2.62. The molecule has 1 aliphatic carbocycles. The molecule has 0 unspecified atom stereocenters. The monoisotopic (exact) mass is 606 g/mol. The van der Waals surface area contributed by atoms with Crippen molar-refractivity contribution in [1.29, 1.82) is 0 Å². The number of fused-ring (bicyclic) bond motifs is 4. The lowest BCUT2D eigenvalue weighted by Crippen LogP contribution is -2.46. The Morgan fingerprint density at radius 2 is 1.64 bits per heavy atom. The number of aliphatic imine (C=N–C) groups is 4. The van der Waals surface area contributed by atoms with Crippen LogP contribution in [0.5, 0.6) is 0 Å². The maximum atomic E-state index is 14.0. The number of allylic oxidation sites excluding steroid dienone is 10.